The molecule has 1 fully saturated rings. The van der Waals surface area contributed by atoms with E-state index in [-0.39, 0.29) is 17.4 Å². The van der Waals surface area contributed by atoms with E-state index in [4.69, 9.17) is 0 Å². The zero-order chi connectivity index (χ0) is 18.7. The normalized spacial score (nSPS) is 14.4. The Morgan fingerprint density at radius 2 is 1.69 bits per heavy atom. The second-order valence-electron chi connectivity index (χ2n) is 7.61. The lowest BCUT2D eigenvalue weighted by atomic mass is 9.87. The molecule has 1 aliphatic rings. The Morgan fingerprint density at radius 3 is 2.31 bits per heavy atom. The van der Waals surface area contributed by atoms with Gasteiger partial charge in [0.25, 0.3) is 0 Å². The highest BCUT2D eigenvalue weighted by Crippen LogP contribution is 2.25. The largest absolute Gasteiger partial charge is 0.323 e. The minimum Gasteiger partial charge on any atom is -0.312 e. The number of anilines is 3. The van der Waals surface area contributed by atoms with Crippen LogP contribution in [0.1, 0.15) is 39.2 Å². The first-order chi connectivity index (χ1) is 12.3. The van der Waals surface area contributed by atoms with Crippen LogP contribution in [-0.2, 0) is 10.2 Å². The third-order valence-corrected chi connectivity index (χ3v) is 4.50. The predicted octanol–water partition coefficient (Wildman–Crippen LogP) is 4.75. The summed E-state index contributed by atoms with van der Waals surface area (Å²) in [5, 5.41) is 5.66. The van der Waals surface area contributed by atoms with Crippen LogP contribution >= 0.6 is 0 Å². The van der Waals surface area contributed by atoms with Crippen LogP contribution in [0.25, 0.3) is 0 Å². The Kier molecular flexibility index (Phi) is 4.98. The zero-order valence-corrected chi connectivity index (χ0v) is 15.5. The number of hydrogen-bond acceptors (Lipinski definition) is 2. The second kappa shape index (κ2) is 7.20. The number of amides is 3. The summed E-state index contributed by atoms with van der Waals surface area (Å²) in [7, 11) is 0. The first-order valence-electron chi connectivity index (χ1n) is 8.92. The molecule has 5 nitrogen and oxygen atoms in total. The minimum absolute atomic E-state index is 0.0776. The van der Waals surface area contributed by atoms with Crippen molar-refractivity contribution < 1.29 is 9.59 Å². The van der Waals surface area contributed by atoms with Crippen LogP contribution in [0.5, 0.6) is 0 Å². The number of rotatable bonds is 3. The van der Waals surface area contributed by atoms with Gasteiger partial charge in [0.1, 0.15) is 0 Å². The van der Waals surface area contributed by atoms with E-state index in [0.29, 0.717) is 12.1 Å². The van der Waals surface area contributed by atoms with E-state index >= 15 is 0 Å². The first-order valence-corrected chi connectivity index (χ1v) is 8.92. The van der Waals surface area contributed by atoms with Gasteiger partial charge in [0.05, 0.1) is 0 Å². The topological polar surface area (TPSA) is 61.4 Å². The Bertz CT molecular complexity index is 807. The van der Waals surface area contributed by atoms with Crippen LogP contribution in [0.4, 0.5) is 21.9 Å². The molecular formula is C21H25N3O2. The van der Waals surface area contributed by atoms with Crippen molar-refractivity contribution in [2.75, 3.05) is 22.1 Å². The van der Waals surface area contributed by atoms with Crippen molar-refractivity contribution in [2.24, 2.45) is 0 Å². The molecule has 1 saturated heterocycles. The molecule has 1 aliphatic heterocycles. The molecule has 0 unspecified atom stereocenters. The fraction of sp³-hybridized carbons (Fsp3) is 0.333. The fourth-order valence-corrected chi connectivity index (χ4v) is 3.02. The van der Waals surface area contributed by atoms with Gasteiger partial charge in [-0.05, 0) is 47.7 Å². The van der Waals surface area contributed by atoms with E-state index in [2.05, 4.69) is 31.4 Å². The second-order valence-corrected chi connectivity index (χ2v) is 7.61. The van der Waals surface area contributed by atoms with Gasteiger partial charge >= 0.3 is 6.03 Å². The van der Waals surface area contributed by atoms with Crippen molar-refractivity contribution in [3.05, 3.63) is 54.1 Å². The lowest BCUT2D eigenvalue weighted by Crippen LogP contribution is -2.24. The van der Waals surface area contributed by atoms with Gasteiger partial charge in [0, 0.05) is 30.0 Å². The molecule has 0 spiro atoms. The maximum atomic E-state index is 12.3. The quantitative estimate of drug-likeness (QED) is 0.838. The fourth-order valence-electron chi connectivity index (χ4n) is 3.02. The van der Waals surface area contributed by atoms with E-state index in [1.165, 1.54) is 5.56 Å². The molecule has 0 aliphatic carbocycles. The lowest BCUT2D eigenvalue weighted by Gasteiger charge is -2.19. The Morgan fingerprint density at radius 1 is 1.00 bits per heavy atom. The van der Waals surface area contributed by atoms with E-state index < -0.39 is 0 Å². The third kappa shape index (κ3) is 4.23. The van der Waals surface area contributed by atoms with Gasteiger partial charge in [-0.1, -0.05) is 39.0 Å². The molecule has 0 aromatic heterocycles. The third-order valence-electron chi connectivity index (χ3n) is 4.50. The highest BCUT2D eigenvalue weighted by atomic mass is 16.2. The van der Waals surface area contributed by atoms with Crippen LogP contribution in [0.3, 0.4) is 0 Å². The smallest absolute Gasteiger partial charge is 0.312 e. The Labute approximate surface area is 154 Å². The van der Waals surface area contributed by atoms with Gasteiger partial charge < -0.3 is 15.5 Å². The predicted molar refractivity (Wildman–Crippen MR) is 106 cm³/mol. The number of carbonyl (C=O) groups excluding carboxylic acids is 2. The molecule has 0 radical (unpaired) electrons. The summed E-state index contributed by atoms with van der Waals surface area (Å²) in [5.41, 5.74) is 3.51. The molecular weight excluding hydrogens is 326 g/mol. The summed E-state index contributed by atoms with van der Waals surface area (Å²) in [6.07, 6.45) is 1.46. The first kappa shape index (κ1) is 18.0. The number of hydrogen-bond donors (Lipinski definition) is 2. The molecule has 3 rings (SSSR count). The van der Waals surface area contributed by atoms with Gasteiger partial charge in [0.2, 0.25) is 5.91 Å². The van der Waals surface area contributed by atoms with Gasteiger partial charge in [-0.25, -0.2) is 4.79 Å². The average molecular weight is 351 g/mol. The minimum atomic E-state index is -0.307. The SMILES string of the molecule is CC(C)(C)c1ccc(NC(=O)Nc2cccc(N3CCCC3=O)c2)cc1. The van der Waals surface area contributed by atoms with Gasteiger partial charge in [-0.2, -0.15) is 0 Å². The molecule has 136 valence electrons. The molecule has 2 aromatic carbocycles. The summed E-state index contributed by atoms with van der Waals surface area (Å²) in [6, 6.07) is 14.9. The molecule has 0 bridgehead atoms. The molecule has 0 saturated carbocycles. The monoisotopic (exact) mass is 351 g/mol. The molecule has 0 atom stereocenters. The molecule has 5 heteroatoms. The summed E-state index contributed by atoms with van der Waals surface area (Å²) < 4.78 is 0. The van der Waals surface area contributed by atoms with Gasteiger partial charge in [0.15, 0.2) is 0 Å². The van der Waals surface area contributed by atoms with Crippen molar-refractivity contribution in [2.45, 2.75) is 39.0 Å². The average Bonchev–Trinajstić information content (AvgIpc) is 3.01. The van der Waals surface area contributed by atoms with Gasteiger partial charge in [-0.15, -0.1) is 0 Å². The molecule has 26 heavy (non-hydrogen) atoms. The zero-order valence-electron chi connectivity index (χ0n) is 15.5. The lowest BCUT2D eigenvalue weighted by molar-refractivity contribution is -0.117. The summed E-state index contributed by atoms with van der Waals surface area (Å²) >= 11 is 0. The molecule has 3 amide bonds. The number of urea groups is 1. The van der Waals surface area contributed by atoms with Crippen LogP contribution in [0.15, 0.2) is 48.5 Å². The van der Waals surface area contributed by atoms with Crippen LogP contribution in [0.2, 0.25) is 0 Å². The molecule has 2 aromatic rings. The number of benzene rings is 2. The number of nitrogens with zero attached hydrogens (tertiary/aromatic N) is 1. The van der Waals surface area contributed by atoms with Crippen molar-refractivity contribution in [1.82, 2.24) is 0 Å². The summed E-state index contributed by atoms with van der Waals surface area (Å²) in [6.45, 7) is 7.19. The van der Waals surface area contributed by atoms with Crippen LogP contribution in [0, 0.1) is 0 Å². The van der Waals surface area contributed by atoms with Gasteiger partial charge in [-0.3, -0.25) is 4.79 Å². The highest BCUT2D eigenvalue weighted by molar-refractivity contribution is 6.01. The van der Waals surface area contributed by atoms with E-state index in [9.17, 15) is 9.59 Å². The van der Waals surface area contributed by atoms with Crippen molar-refractivity contribution in [3.8, 4) is 0 Å². The van der Waals surface area contributed by atoms with E-state index in [0.717, 1.165) is 24.3 Å². The van der Waals surface area contributed by atoms with E-state index in [1.807, 2.05) is 48.5 Å². The van der Waals surface area contributed by atoms with Crippen molar-refractivity contribution in [1.29, 1.82) is 0 Å². The van der Waals surface area contributed by atoms with E-state index in [1.54, 1.807) is 4.90 Å². The van der Waals surface area contributed by atoms with Crippen LogP contribution < -0.4 is 15.5 Å². The summed E-state index contributed by atoms with van der Waals surface area (Å²) in [4.78, 5) is 25.9. The summed E-state index contributed by atoms with van der Waals surface area (Å²) in [5.74, 6) is 0.130. The molecule has 2 N–H and O–H groups in total. The Hall–Kier alpha value is -2.82. The Balaban J connectivity index is 1.64. The standard InChI is InChI=1S/C21H25N3O2/c1-21(2,3)15-9-11-16(12-10-15)22-20(26)23-17-6-4-7-18(14-17)24-13-5-8-19(24)25/h4,6-7,9-12,14H,5,8,13H2,1-3H3,(H2,22,23,26). The molecule has 1 heterocycles. The maximum Gasteiger partial charge on any atom is 0.323 e. The number of nitrogens with one attached hydrogen (secondary N) is 2. The van der Waals surface area contributed by atoms with Crippen LogP contribution in [-0.4, -0.2) is 18.5 Å². The maximum absolute atomic E-state index is 12.3. The van der Waals surface area contributed by atoms with Crippen molar-refractivity contribution >= 4 is 29.0 Å². The highest BCUT2D eigenvalue weighted by Gasteiger charge is 2.21. The number of carbonyl (C=O) groups is 2. The van der Waals surface area contributed by atoms with Crippen molar-refractivity contribution in [3.63, 3.8) is 0 Å².